The average molecular weight is 337 g/mol. The van der Waals surface area contributed by atoms with Crippen LogP contribution >= 0.6 is 0 Å². The molecule has 1 aromatic heterocycles. The van der Waals surface area contributed by atoms with E-state index in [0.717, 1.165) is 17.1 Å². The molecule has 0 aliphatic carbocycles. The molecule has 0 atom stereocenters. The summed E-state index contributed by atoms with van der Waals surface area (Å²) in [6, 6.07) is 16.5. The van der Waals surface area contributed by atoms with Gasteiger partial charge < -0.3 is 14.8 Å². The number of benzene rings is 2. The molecule has 0 unspecified atom stereocenters. The third kappa shape index (κ3) is 3.98. The van der Waals surface area contributed by atoms with Gasteiger partial charge in [0.05, 0.1) is 32.1 Å². The van der Waals surface area contributed by atoms with E-state index in [1.807, 2.05) is 36.5 Å². The van der Waals surface area contributed by atoms with Gasteiger partial charge in [0, 0.05) is 11.8 Å². The quantitative estimate of drug-likeness (QED) is 0.751. The van der Waals surface area contributed by atoms with E-state index in [2.05, 4.69) is 10.4 Å². The van der Waals surface area contributed by atoms with Crippen molar-refractivity contribution < 1.29 is 14.3 Å². The van der Waals surface area contributed by atoms with Gasteiger partial charge in [-0.15, -0.1) is 0 Å². The first kappa shape index (κ1) is 16.6. The monoisotopic (exact) mass is 337 g/mol. The van der Waals surface area contributed by atoms with E-state index < -0.39 is 0 Å². The molecule has 0 saturated heterocycles. The largest absolute Gasteiger partial charge is 0.497 e. The Labute approximate surface area is 146 Å². The van der Waals surface area contributed by atoms with Crippen LogP contribution < -0.4 is 14.8 Å². The number of nitrogens with zero attached hydrogens (tertiary/aromatic N) is 2. The van der Waals surface area contributed by atoms with Gasteiger partial charge in [-0.25, -0.2) is 4.68 Å². The van der Waals surface area contributed by atoms with Crippen LogP contribution in [0.15, 0.2) is 60.8 Å². The highest BCUT2D eigenvalue weighted by atomic mass is 16.5. The van der Waals surface area contributed by atoms with Crippen molar-refractivity contribution in [3.8, 4) is 17.2 Å². The molecule has 0 aliphatic rings. The first-order chi connectivity index (χ1) is 12.2. The molecule has 0 fully saturated rings. The third-order valence-electron chi connectivity index (χ3n) is 3.74. The maximum absolute atomic E-state index is 12.2. The van der Waals surface area contributed by atoms with Gasteiger partial charge >= 0.3 is 0 Å². The standard InChI is InChI=1S/C19H19N3O3/c1-24-17-8-6-16(7-9-17)22-11-10-15(21-22)13-20-19(23)14-4-3-5-18(12-14)25-2/h3-12H,13H2,1-2H3,(H,20,23). The number of rotatable bonds is 6. The lowest BCUT2D eigenvalue weighted by Crippen LogP contribution is -2.23. The zero-order valence-electron chi connectivity index (χ0n) is 14.1. The summed E-state index contributed by atoms with van der Waals surface area (Å²) in [5, 5.41) is 7.33. The average Bonchev–Trinajstić information content (AvgIpc) is 3.15. The molecule has 2 aromatic carbocycles. The second kappa shape index (κ2) is 7.53. The smallest absolute Gasteiger partial charge is 0.251 e. The normalized spacial score (nSPS) is 10.3. The second-order valence-corrected chi connectivity index (χ2v) is 5.36. The van der Waals surface area contributed by atoms with E-state index in [1.54, 1.807) is 43.2 Å². The molecule has 1 N–H and O–H groups in total. The summed E-state index contributed by atoms with van der Waals surface area (Å²) in [4.78, 5) is 12.2. The van der Waals surface area contributed by atoms with Crippen LogP contribution in [0.3, 0.4) is 0 Å². The van der Waals surface area contributed by atoms with E-state index in [1.165, 1.54) is 0 Å². The Balaban J connectivity index is 1.63. The maximum atomic E-state index is 12.2. The number of nitrogens with one attached hydrogen (secondary N) is 1. The highest BCUT2D eigenvalue weighted by Gasteiger charge is 2.08. The Morgan fingerprint density at radius 2 is 1.80 bits per heavy atom. The summed E-state index contributed by atoms with van der Waals surface area (Å²) in [6.07, 6.45) is 1.86. The molecular weight excluding hydrogens is 318 g/mol. The van der Waals surface area contributed by atoms with Crippen molar-refractivity contribution in [2.45, 2.75) is 6.54 Å². The minimum absolute atomic E-state index is 0.169. The van der Waals surface area contributed by atoms with Crippen LogP contribution in [0.5, 0.6) is 11.5 Å². The van der Waals surface area contributed by atoms with Crippen molar-refractivity contribution in [3.05, 3.63) is 72.1 Å². The summed E-state index contributed by atoms with van der Waals surface area (Å²) in [5.41, 5.74) is 2.24. The van der Waals surface area contributed by atoms with Crippen molar-refractivity contribution >= 4 is 5.91 Å². The molecule has 0 radical (unpaired) electrons. The van der Waals surface area contributed by atoms with Crippen molar-refractivity contribution in [3.63, 3.8) is 0 Å². The fourth-order valence-electron chi connectivity index (χ4n) is 2.37. The van der Waals surface area contributed by atoms with E-state index in [4.69, 9.17) is 9.47 Å². The van der Waals surface area contributed by atoms with Gasteiger partial charge in [0.15, 0.2) is 0 Å². The molecule has 25 heavy (non-hydrogen) atoms. The second-order valence-electron chi connectivity index (χ2n) is 5.36. The van der Waals surface area contributed by atoms with E-state index in [0.29, 0.717) is 17.9 Å². The Bertz CT molecular complexity index is 856. The van der Waals surface area contributed by atoms with Crippen LogP contribution in [0.25, 0.3) is 5.69 Å². The minimum atomic E-state index is -0.169. The Morgan fingerprint density at radius 1 is 1.04 bits per heavy atom. The Morgan fingerprint density at radius 3 is 2.52 bits per heavy atom. The van der Waals surface area contributed by atoms with Gasteiger partial charge in [-0.1, -0.05) is 6.07 Å². The number of aromatic nitrogens is 2. The van der Waals surface area contributed by atoms with Crippen LogP contribution in [-0.2, 0) is 6.54 Å². The van der Waals surface area contributed by atoms with E-state index in [-0.39, 0.29) is 5.91 Å². The number of carbonyl (C=O) groups is 1. The van der Waals surface area contributed by atoms with Crippen LogP contribution in [0.4, 0.5) is 0 Å². The van der Waals surface area contributed by atoms with Gasteiger partial charge in [-0.2, -0.15) is 5.10 Å². The Hall–Kier alpha value is -3.28. The highest BCUT2D eigenvalue weighted by Crippen LogP contribution is 2.15. The summed E-state index contributed by atoms with van der Waals surface area (Å²) in [6.45, 7) is 0.346. The number of ether oxygens (including phenoxy) is 2. The van der Waals surface area contributed by atoms with Crippen LogP contribution in [0.1, 0.15) is 16.1 Å². The molecule has 1 heterocycles. The minimum Gasteiger partial charge on any atom is -0.497 e. The maximum Gasteiger partial charge on any atom is 0.251 e. The molecule has 0 bridgehead atoms. The van der Waals surface area contributed by atoms with Crippen LogP contribution in [0, 0.1) is 0 Å². The predicted octanol–water partition coefficient (Wildman–Crippen LogP) is 2.82. The number of carbonyl (C=O) groups excluding carboxylic acids is 1. The lowest BCUT2D eigenvalue weighted by molar-refractivity contribution is 0.0950. The third-order valence-corrected chi connectivity index (χ3v) is 3.74. The molecule has 0 aliphatic heterocycles. The van der Waals surface area contributed by atoms with Crippen molar-refractivity contribution in [2.75, 3.05) is 14.2 Å². The molecule has 3 rings (SSSR count). The van der Waals surface area contributed by atoms with Crippen molar-refractivity contribution in [2.24, 2.45) is 0 Å². The molecular formula is C19H19N3O3. The number of methoxy groups -OCH3 is 2. The van der Waals surface area contributed by atoms with Gasteiger partial charge in [0.25, 0.3) is 5.91 Å². The summed E-state index contributed by atoms with van der Waals surface area (Å²) >= 11 is 0. The molecule has 128 valence electrons. The first-order valence-electron chi connectivity index (χ1n) is 7.81. The van der Waals surface area contributed by atoms with Crippen LogP contribution in [0.2, 0.25) is 0 Å². The lowest BCUT2D eigenvalue weighted by Gasteiger charge is -2.06. The Kier molecular flexibility index (Phi) is 4.99. The molecule has 1 amide bonds. The van der Waals surface area contributed by atoms with E-state index in [9.17, 15) is 4.79 Å². The fraction of sp³-hybridized carbons (Fsp3) is 0.158. The van der Waals surface area contributed by atoms with Crippen molar-refractivity contribution in [1.82, 2.24) is 15.1 Å². The zero-order valence-corrected chi connectivity index (χ0v) is 14.1. The highest BCUT2D eigenvalue weighted by molar-refractivity contribution is 5.94. The van der Waals surface area contributed by atoms with Crippen LogP contribution in [-0.4, -0.2) is 29.9 Å². The number of hydrogen-bond donors (Lipinski definition) is 1. The summed E-state index contributed by atoms with van der Waals surface area (Å²) in [5.74, 6) is 1.27. The van der Waals surface area contributed by atoms with Crippen molar-refractivity contribution in [1.29, 1.82) is 0 Å². The zero-order chi connectivity index (χ0) is 17.6. The molecule has 0 spiro atoms. The van der Waals surface area contributed by atoms with Gasteiger partial charge in [-0.3, -0.25) is 4.79 Å². The molecule has 0 saturated carbocycles. The fourth-order valence-corrected chi connectivity index (χ4v) is 2.37. The number of hydrogen-bond acceptors (Lipinski definition) is 4. The number of amides is 1. The van der Waals surface area contributed by atoms with E-state index >= 15 is 0 Å². The van der Waals surface area contributed by atoms with Gasteiger partial charge in [-0.05, 0) is 48.5 Å². The molecule has 6 nitrogen and oxygen atoms in total. The molecule has 6 heteroatoms. The predicted molar refractivity (Wildman–Crippen MR) is 94.3 cm³/mol. The van der Waals surface area contributed by atoms with Gasteiger partial charge in [0.2, 0.25) is 0 Å². The first-order valence-corrected chi connectivity index (χ1v) is 7.81. The lowest BCUT2D eigenvalue weighted by atomic mass is 10.2. The topological polar surface area (TPSA) is 65.4 Å². The molecule has 3 aromatic rings. The summed E-state index contributed by atoms with van der Waals surface area (Å²) < 4.78 is 12.0. The SMILES string of the molecule is COc1ccc(-n2ccc(CNC(=O)c3cccc(OC)c3)n2)cc1. The van der Waals surface area contributed by atoms with Gasteiger partial charge in [0.1, 0.15) is 11.5 Å². The summed E-state index contributed by atoms with van der Waals surface area (Å²) in [7, 11) is 3.20.